The van der Waals surface area contributed by atoms with Crippen molar-refractivity contribution in [3.05, 3.63) is 94.7 Å². The van der Waals surface area contributed by atoms with Crippen LogP contribution in [0.15, 0.2) is 80.6 Å². The van der Waals surface area contributed by atoms with Crippen LogP contribution in [0.3, 0.4) is 0 Å². The van der Waals surface area contributed by atoms with Gasteiger partial charge in [-0.1, -0.05) is 56.3 Å². The number of aliphatic imine (C=N–C) groups is 2. The Morgan fingerprint density at radius 2 is 1.89 bits per heavy atom. The first-order valence-corrected chi connectivity index (χ1v) is 17.8. The molecule has 4 N–H and O–H groups in total. The Hall–Kier alpha value is -3.63. The molecular formula is C37H42F2N4O2S2. The van der Waals surface area contributed by atoms with Crippen molar-refractivity contribution in [2.75, 3.05) is 18.6 Å². The molecule has 2 bridgehead atoms. The van der Waals surface area contributed by atoms with Gasteiger partial charge in [0.25, 0.3) is 0 Å². The minimum atomic E-state index is -0.853. The molecule has 6 nitrogen and oxygen atoms in total. The van der Waals surface area contributed by atoms with E-state index in [1.165, 1.54) is 23.9 Å². The highest BCUT2D eigenvalue weighted by atomic mass is 32.2. The number of nitrogens with one attached hydrogen (secondary N) is 1. The molecule has 0 radical (unpaired) electrons. The number of aryl methyl sites for hydroxylation is 2. The van der Waals surface area contributed by atoms with Gasteiger partial charge in [-0.2, -0.15) is 11.8 Å². The van der Waals surface area contributed by atoms with Crippen LogP contribution in [0, 0.1) is 17.0 Å². The number of aromatic nitrogens is 1. The van der Waals surface area contributed by atoms with Crippen molar-refractivity contribution in [3.8, 4) is 0 Å². The normalized spacial score (nSPS) is 20.3. The first-order valence-electron chi connectivity index (χ1n) is 15.9. The van der Waals surface area contributed by atoms with Gasteiger partial charge in [-0.25, -0.2) is 13.8 Å². The highest BCUT2D eigenvalue weighted by molar-refractivity contribution is 7.99. The first kappa shape index (κ1) is 34.7. The Morgan fingerprint density at radius 1 is 1.09 bits per heavy atom. The van der Waals surface area contributed by atoms with Gasteiger partial charge in [0.15, 0.2) is 5.84 Å². The standard InChI is InChI=1S/C37H42F2N4O2S2/c1-36(2)15-6-16-37(3,24-8-5-7-23(19-24)9-12-32(44)45)35(40)43-34(41-4)28-20-25(10-11-29(28)38)47-33-27(14-18-46-22-36)26-13-17-42-31(26)21-30(33)39/h5,7-8,10-11,13,17,19-21,42H,6,9,12,14-16,18,22H2,1-4H3,(H,44,45)(H2,40,41,43)/t37-/m1/s1. The van der Waals surface area contributed by atoms with E-state index in [1.54, 1.807) is 19.2 Å². The molecule has 47 heavy (non-hydrogen) atoms. The summed E-state index contributed by atoms with van der Waals surface area (Å²) < 4.78 is 31.2. The van der Waals surface area contributed by atoms with Gasteiger partial charge in [-0.05, 0) is 96.5 Å². The number of carboxylic acid groups (broad SMARTS) is 1. The minimum Gasteiger partial charge on any atom is -0.481 e. The van der Waals surface area contributed by atoms with Crippen LogP contribution >= 0.6 is 23.5 Å². The van der Waals surface area contributed by atoms with Crippen molar-refractivity contribution in [2.45, 2.75) is 74.5 Å². The van der Waals surface area contributed by atoms with Crippen LogP contribution < -0.4 is 5.73 Å². The maximum absolute atomic E-state index is 15.7. The maximum Gasteiger partial charge on any atom is 0.303 e. The van der Waals surface area contributed by atoms with Crippen molar-refractivity contribution in [1.82, 2.24) is 4.98 Å². The van der Waals surface area contributed by atoms with Gasteiger partial charge in [0.05, 0.1) is 10.5 Å². The number of carboxylic acids is 1. The van der Waals surface area contributed by atoms with Crippen LogP contribution in [-0.2, 0) is 23.1 Å². The lowest BCUT2D eigenvalue weighted by atomic mass is 9.75. The molecule has 0 saturated carbocycles. The van der Waals surface area contributed by atoms with Gasteiger partial charge in [-0.3, -0.25) is 9.79 Å². The van der Waals surface area contributed by atoms with Crippen LogP contribution in [0.1, 0.15) is 68.7 Å². The average Bonchev–Trinajstić information content (AvgIpc) is 3.50. The molecule has 248 valence electrons. The number of halogens is 2. The summed E-state index contributed by atoms with van der Waals surface area (Å²) in [6, 6.07) is 16.0. The summed E-state index contributed by atoms with van der Waals surface area (Å²) >= 11 is 3.15. The van der Waals surface area contributed by atoms with Gasteiger partial charge < -0.3 is 15.8 Å². The van der Waals surface area contributed by atoms with Crippen molar-refractivity contribution in [2.24, 2.45) is 21.1 Å². The third kappa shape index (κ3) is 8.09. The molecule has 2 heterocycles. The summed E-state index contributed by atoms with van der Waals surface area (Å²) in [5.74, 6) is 0.550. The second kappa shape index (κ2) is 14.6. The molecule has 10 heteroatoms. The summed E-state index contributed by atoms with van der Waals surface area (Å²) in [4.78, 5) is 24.8. The van der Waals surface area contributed by atoms with Crippen LogP contribution in [0.25, 0.3) is 10.9 Å². The number of thioether (sulfide) groups is 1. The predicted molar refractivity (Wildman–Crippen MR) is 191 cm³/mol. The number of hydrogen-bond acceptors (Lipinski definition) is 5. The number of aliphatic carboxylic acids is 1. The third-order valence-corrected chi connectivity index (χ3v) is 11.6. The number of rotatable bonds is 4. The Morgan fingerprint density at radius 3 is 2.66 bits per heavy atom. The number of H-pyrrole nitrogens is 1. The Kier molecular flexibility index (Phi) is 10.8. The van der Waals surface area contributed by atoms with E-state index in [2.05, 4.69) is 23.8 Å². The fraction of sp³-hybridized carbons (Fsp3) is 0.378. The monoisotopic (exact) mass is 676 g/mol. The van der Waals surface area contributed by atoms with Gasteiger partial charge in [0, 0.05) is 40.9 Å². The van der Waals surface area contributed by atoms with E-state index in [9.17, 15) is 9.90 Å². The van der Waals surface area contributed by atoms with Gasteiger partial charge in [-0.15, -0.1) is 0 Å². The van der Waals surface area contributed by atoms with E-state index >= 15 is 8.78 Å². The molecule has 5 rings (SSSR count). The minimum absolute atomic E-state index is 0.0281. The second-order valence-electron chi connectivity index (χ2n) is 13.1. The summed E-state index contributed by atoms with van der Waals surface area (Å²) in [7, 11) is 1.55. The number of carbonyl (C=O) groups is 1. The maximum atomic E-state index is 15.7. The fourth-order valence-corrected chi connectivity index (χ4v) is 8.39. The molecule has 0 unspecified atom stereocenters. The number of nitrogens with two attached hydrogens (primary N) is 1. The molecule has 0 spiro atoms. The number of fused-ring (bicyclic) bond motifs is 5. The Balaban J connectivity index is 1.61. The lowest BCUT2D eigenvalue weighted by Crippen LogP contribution is -2.40. The van der Waals surface area contributed by atoms with Crippen molar-refractivity contribution in [1.29, 1.82) is 0 Å². The smallest absolute Gasteiger partial charge is 0.303 e. The molecule has 0 saturated heterocycles. The molecule has 0 fully saturated rings. The zero-order valence-corrected chi connectivity index (χ0v) is 29.0. The predicted octanol–water partition coefficient (Wildman–Crippen LogP) is 8.79. The Labute approximate surface area is 283 Å². The van der Waals surface area contributed by atoms with Crippen molar-refractivity contribution < 1.29 is 18.7 Å². The lowest BCUT2D eigenvalue weighted by Gasteiger charge is -2.32. The van der Waals surface area contributed by atoms with Gasteiger partial charge in [0.1, 0.15) is 17.5 Å². The zero-order chi connectivity index (χ0) is 33.8. The molecule has 4 aromatic rings. The van der Waals surface area contributed by atoms with E-state index in [-0.39, 0.29) is 29.1 Å². The van der Waals surface area contributed by atoms with Crippen molar-refractivity contribution in [3.63, 3.8) is 0 Å². The number of aromatic amines is 1. The Bertz CT molecular complexity index is 1830. The quantitative estimate of drug-likeness (QED) is 0.201. The molecule has 1 atom stereocenters. The highest BCUT2D eigenvalue weighted by Crippen LogP contribution is 2.40. The molecule has 0 amide bonds. The number of amidine groups is 2. The highest BCUT2D eigenvalue weighted by Gasteiger charge is 2.33. The first-order chi connectivity index (χ1) is 22.4. The van der Waals surface area contributed by atoms with Crippen LogP contribution in [0.4, 0.5) is 8.78 Å². The van der Waals surface area contributed by atoms with E-state index in [4.69, 9.17) is 10.7 Å². The zero-order valence-electron chi connectivity index (χ0n) is 27.3. The molecule has 1 aromatic heterocycles. The SMILES string of the molecule is CN=C1N=C(N)[C@@](C)(c2cccc(CCC(=O)O)c2)CCCC(C)(C)CSCCc2c(c(F)cc3[nH]ccc23)Sc2ccc(F)c1c2. The largest absolute Gasteiger partial charge is 0.481 e. The van der Waals surface area contributed by atoms with Crippen molar-refractivity contribution >= 4 is 52.1 Å². The second-order valence-corrected chi connectivity index (χ2v) is 15.3. The summed E-state index contributed by atoms with van der Waals surface area (Å²) in [6.45, 7) is 6.58. The van der Waals surface area contributed by atoms with Crippen LogP contribution in [-0.4, -0.2) is 46.3 Å². The fourth-order valence-electron chi connectivity index (χ4n) is 6.16. The third-order valence-electron chi connectivity index (χ3n) is 8.98. The summed E-state index contributed by atoms with van der Waals surface area (Å²) in [5.41, 5.74) is 9.89. The van der Waals surface area contributed by atoms with Gasteiger partial charge in [0.2, 0.25) is 0 Å². The van der Waals surface area contributed by atoms with Gasteiger partial charge >= 0.3 is 5.97 Å². The number of benzene rings is 3. The van der Waals surface area contributed by atoms with Crippen LogP contribution in [0.5, 0.6) is 0 Å². The summed E-state index contributed by atoms with van der Waals surface area (Å²) in [6.07, 6.45) is 5.44. The van der Waals surface area contributed by atoms with E-state index in [0.717, 1.165) is 51.9 Å². The number of nitrogens with zero attached hydrogens (tertiary/aromatic N) is 2. The molecule has 1 aliphatic heterocycles. The molecule has 0 aliphatic carbocycles. The molecular weight excluding hydrogens is 635 g/mol. The van der Waals surface area contributed by atoms with E-state index < -0.39 is 17.2 Å². The van der Waals surface area contributed by atoms with E-state index in [0.29, 0.717) is 34.9 Å². The lowest BCUT2D eigenvalue weighted by molar-refractivity contribution is -0.136. The van der Waals surface area contributed by atoms with E-state index in [1.807, 2.05) is 55.2 Å². The molecule has 1 aliphatic rings. The average molecular weight is 677 g/mol. The number of hydrogen-bond donors (Lipinski definition) is 3. The molecule has 3 aromatic carbocycles. The summed E-state index contributed by atoms with van der Waals surface area (Å²) in [5, 5.41) is 10.2. The van der Waals surface area contributed by atoms with Crippen LogP contribution in [0.2, 0.25) is 0 Å². The topological polar surface area (TPSA) is 104 Å².